The first-order valence-electron chi connectivity index (χ1n) is 8.48. The molecule has 2 heterocycles. The monoisotopic (exact) mass is 365 g/mol. The molecular formula is C19H16FN5O2. The molecule has 7 nitrogen and oxygen atoms in total. The maximum absolute atomic E-state index is 14.0. The van der Waals surface area contributed by atoms with Gasteiger partial charge in [0.05, 0.1) is 17.6 Å². The number of halogens is 1. The van der Waals surface area contributed by atoms with E-state index in [1.165, 1.54) is 30.6 Å². The number of nitrogens with zero attached hydrogens (tertiary/aromatic N) is 2. The van der Waals surface area contributed by atoms with Gasteiger partial charge in [0.25, 0.3) is 5.91 Å². The molecule has 136 valence electrons. The van der Waals surface area contributed by atoms with Crippen LogP contribution in [0.4, 0.5) is 15.9 Å². The van der Waals surface area contributed by atoms with Crippen molar-refractivity contribution >= 4 is 23.3 Å². The Morgan fingerprint density at radius 2 is 1.96 bits per heavy atom. The fraction of sp³-hybridized carbons (Fsp3) is 0.158. The molecule has 1 fully saturated rings. The highest BCUT2D eigenvalue weighted by molar-refractivity contribution is 6.06. The van der Waals surface area contributed by atoms with E-state index >= 15 is 0 Å². The van der Waals surface area contributed by atoms with Crippen LogP contribution in [-0.4, -0.2) is 27.0 Å². The highest BCUT2D eigenvalue weighted by atomic mass is 19.1. The van der Waals surface area contributed by atoms with Gasteiger partial charge in [-0.3, -0.25) is 14.7 Å². The Morgan fingerprint density at radius 1 is 1.15 bits per heavy atom. The summed E-state index contributed by atoms with van der Waals surface area (Å²) in [5.41, 5.74) is 1.34. The molecule has 0 unspecified atom stereocenters. The Bertz CT molecular complexity index is 1010. The third-order valence-electron chi connectivity index (χ3n) is 4.25. The highest BCUT2D eigenvalue weighted by Gasteiger charge is 2.29. The molecule has 0 bridgehead atoms. The van der Waals surface area contributed by atoms with Gasteiger partial charge in [0.15, 0.2) is 0 Å². The van der Waals surface area contributed by atoms with E-state index in [0.29, 0.717) is 28.3 Å². The number of pyridine rings is 1. The van der Waals surface area contributed by atoms with Crippen LogP contribution in [0.5, 0.6) is 0 Å². The van der Waals surface area contributed by atoms with Crippen molar-refractivity contribution in [2.24, 2.45) is 5.92 Å². The van der Waals surface area contributed by atoms with E-state index < -0.39 is 11.7 Å². The van der Waals surface area contributed by atoms with Crippen LogP contribution >= 0.6 is 0 Å². The number of carbonyl (C=O) groups is 2. The summed E-state index contributed by atoms with van der Waals surface area (Å²) in [5.74, 6) is -0.569. The van der Waals surface area contributed by atoms with Crippen LogP contribution in [-0.2, 0) is 4.79 Å². The van der Waals surface area contributed by atoms with Gasteiger partial charge in [-0.1, -0.05) is 12.1 Å². The molecule has 2 aromatic heterocycles. The summed E-state index contributed by atoms with van der Waals surface area (Å²) in [6.45, 7) is 0. The third-order valence-corrected chi connectivity index (χ3v) is 4.25. The van der Waals surface area contributed by atoms with E-state index in [1.807, 2.05) is 0 Å². The van der Waals surface area contributed by atoms with E-state index in [-0.39, 0.29) is 11.8 Å². The highest BCUT2D eigenvalue weighted by Crippen LogP contribution is 2.30. The zero-order valence-corrected chi connectivity index (χ0v) is 14.2. The molecule has 8 heteroatoms. The molecule has 0 radical (unpaired) electrons. The number of nitrogens with one attached hydrogen (secondary N) is 3. The smallest absolute Gasteiger partial charge is 0.255 e. The maximum Gasteiger partial charge on any atom is 0.255 e. The van der Waals surface area contributed by atoms with Gasteiger partial charge in [-0.2, -0.15) is 5.10 Å². The molecule has 4 rings (SSSR count). The lowest BCUT2D eigenvalue weighted by atomic mass is 10.1. The lowest BCUT2D eigenvalue weighted by molar-refractivity contribution is -0.117. The summed E-state index contributed by atoms with van der Waals surface area (Å²) in [6, 6.07) is 9.24. The van der Waals surface area contributed by atoms with E-state index in [0.717, 1.165) is 12.8 Å². The van der Waals surface area contributed by atoms with E-state index in [1.54, 1.807) is 18.2 Å². The number of hydrogen-bond donors (Lipinski definition) is 3. The number of hydrogen-bond acceptors (Lipinski definition) is 4. The average molecular weight is 365 g/mol. The minimum Gasteiger partial charge on any atom is -0.319 e. The second-order valence-corrected chi connectivity index (χ2v) is 6.29. The topological polar surface area (TPSA) is 99.8 Å². The minimum absolute atomic E-state index is 0.0403. The number of H-pyrrole nitrogens is 1. The molecule has 2 amide bonds. The minimum atomic E-state index is -0.425. The Morgan fingerprint density at radius 3 is 2.74 bits per heavy atom. The largest absolute Gasteiger partial charge is 0.319 e. The van der Waals surface area contributed by atoms with Gasteiger partial charge in [0, 0.05) is 23.2 Å². The van der Waals surface area contributed by atoms with Crippen LogP contribution in [0, 0.1) is 11.7 Å². The first kappa shape index (κ1) is 16.9. The Kier molecular flexibility index (Phi) is 4.37. The molecule has 0 aliphatic heterocycles. The lowest BCUT2D eigenvalue weighted by Gasteiger charge is -2.08. The van der Waals surface area contributed by atoms with Crippen LogP contribution in [0.1, 0.15) is 23.2 Å². The molecule has 1 saturated carbocycles. The molecule has 1 aliphatic rings. The molecule has 27 heavy (non-hydrogen) atoms. The van der Waals surface area contributed by atoms with Gasteiger partial charge in [0.1, 0.15) is 11.6 Å². The van der Waals surface area contributed by atoms with Gasteiger partial charge in [-0.15, -0.1) is 0 Å². The molecular weight excluding hydrogens is 349 g/mol. The van der Waals surface area contributed by atoms with Crippen molar-refractivity contribution in [3.05, 3.63) is 60.2 Å². The number of benzene rings is 1. The van der Waals surface area contributed by atoms with Crippen molar-refractivity contribution in [3.8, 4) is 11.3 Å². The summed E-state index contributed by atoms with van der Waals surface area (Å²) >= 11 is 0. The predicted molar refractivity (Wildman–Crippen MR) is 97.5 cm³/mol. The predicted octanol–water partition coefficient (Wildman–Crippen LogP) is 3.21. The Hall–Kier alpha value is -3.55. The third kappa shape index (κ3) is 3.69. The molecule has 1 aromatic carbocycles. The quantitative estimate of drug-likeness (QED) is 0.646. The molecule has 3 aromatic rings. The normalized spacial score (nSPS) is 13.2. The van der Waals surface area contributed by atoms with Crippen molar-refractivity contribution in [2.75, 3.05) is 10.6 Å². The molecule has 0 spiro atoms. The van der Waals surface area contributed by atoms with Crippen LogP contribution < -0.4 is 10.6 Å². The fourth-order valence-corrected chi connectivity index (χ4v) is 2.66. The molecule has 0 atom stereocenters. The van der Waals surface area contributed by atoms with E-state index in [4.69, 9.17) is 0 Å². The van der Waals surface area contributed by atoms with Crippen LogP contribution in [0.15, 0.2) is 48.8 Å². The van der Waals surface area contributed by atoms with Crippen LogP contribution in [0.25, 0.3) is 11.3 Å². The molecule has 0 saturated heterocycles. The second kappa shape index (κ2) is 6.99. The summed E-state index contributed by atoms with van der Waals surface area (Å²) in [7, 11) is 0. The van der Waals surface area contributed by atoms with Gasteiger partial charge in [-0.25, -0.2) is 9.37 Å². The van der Waals surface area contributed by atoms with Crippen LogP contribution in [0.2, 0.25) is 0 Å². The number of aromatic nitrogens is 3. The number of rotatable bonds is 5. The SMILES string of the molecule is O=C(Nc1cn[nH]c1-c1ccccc1F)c1ccnc(NC(=O)C2CC2)c1. The van der Waals surface area contributed by atoms with Crippen molar-refractivity contribution in [3.63, 3.8) is 0 Å². The first-order valence-corrected chi connectivity index (χ1v) is 8.48. The Balaban J connectivity index is 1.53. The summed E-state index contributed by atoms with van der Waals surface area (Å²) in [4.78, 5) is 28.5. The second-order valence-electron chi connectivity index (χ2n) is 6.29. The zero-order chi connectivity index (χ0) is 18.8. The van der Waals surface area contributed by atoms with Gasteiger partial charge in [-0.05, 0) is 37.1 Å². The summed E-state index contributed by atoms with van der Waals surface area (Å²) < 4.78 is 14.0. The van der Waals surface area contributed by atoms with Crippen LogP contribution in [0.3, 0.4) is 0 Å². The van der Waals surface area contributed by atoms with E-state index in [9.17, 15) is 14.0 Å². The van der Waals surface area contributed by atoms with Gasteiger partial charge in [0.2, 0.25) is 5.91 Å². The van der Waals surface area contributed by atoms with Crippen molar-refractivity contribution in [1.82, 2.24) is 15.2 Å². The van der Waals surface area contributed by atoms with Gasteiger partial charge < -0.3 is 10.6 Å². The van der Waals surface area contributed by atoms with Crippen molar-refractivity contribution < 1.29 is 14.0 Å². The zero-order valence-electron chi connectivity index (χ0n) is 14.2. The fourth-order valence-electron chi connectivity index (χ4n) is 2.66. The summed E-state index contributed by atoms with van der Waals surface area (Å²) in [6.07, 6.45) is 4.62. The van der Waals surface area contributed by atoms with E-state index in [2.05, 4.69) is 25.8 Å². The van der Waals surface area contributed by atoms with Gasteiger partial charge >= 0.3 is 0 Å². The maximum atomic E-state index is 14.0. The van der Waals surface area contributed by atoms with Crippen molar-refractivity contribution in [1.29, 1.82) is 0 Å². The first-order chi connectivity index (χ1) is 13.1. The molecule has 1 aliphatic carbocycles. The number of aromatic amines is 1. The Labute approximate surface area is 154 Å². The van der Waals surface area contributed by atoms with Crippen molar-refractivity contribution in [2.45, 2.75) is 12.8 Å². The average Bonchev–Trinajstić information content (AvgIpc) is 3.43. The number of anilines is 2. The lowest BCUT2D eigenvalue weighted by Crippen LogP contribution is -2.16. The summed E-state index contributed by atoms with van der Waals surface area (Å²) in [5, 5.41) is 12.0. The number of carbonyl (C=O) groups excluding carboxylic acids is 2. The standard InChI is InChI=1S/C19H16FN5O2/c20-14-4-2-1-3-13(14)17-15(10-22-25-17)23-19(27)12-7-8-21-16(9-12)24-18(26)11-5-6-11/h1-4,7-11H,5-6H2,(H,22,25)(H,23,27)(H,21,24,26). The molecule has 3 N–H and O–H groups in total. The number of amides is 2.